The Labute approximate surface area is 304 Å². The Hall–Kier alpha value is -7.38. The van der Waals surface area contributed by atoms with Crippen molar-refractivity contribution in [3.63, 3.8) is 0 Å². The fraction of sp³-hybridized carbons (Fsp3) is 0. The summed E-state index contributed by atoms with van der Waals surface area (Å²) in [4.78, 5) is 19.5. The van der Waals surface area contributed by atoms with Gasteiger partial charge in [-0.3, -0.25) is 9.97 Å². The van der Waals surface area contributed by atoms with Crippen LogP contribution in [0.2, 0.25) is 0 Å². The highest BCUT2D eigenvalue weighted by molar-refractivity contribution is 6.26. The van der Waals surface area contributed by atoms with Gasteiger partial charge in [-0.1, -0.05) is 109 Å². The molecule has 10 aromatic rings. The number of rotatable bonds is 6. The molecule has 7 heteroatoms. The fourth-order valence-electron chi connectivity index (χ4n) is 7.18. The Balaban J connectivity index is 1.17. The first-order valence-electron chi connectivity index (χ1n) is 17.4. The molecule has 0 amide bonds. The minimum atomic E-state index is 0.705. The lowest BCUT2D eigenvalue weighted by atomic mass is 9.90. The van der Waals surface area contributed by atoms with Gasteiger partial charge in [0.05, 0.1) is 34.0 Å². The molecule has 5 heterocycles. The molecule has 248 valence electrons. The van der Waals surface area contributed by atoms with Crippen LogP contribution in [0.1, 0.15) is 0 Å². The lowest BCUT2D eigenvalue weighted by Crippen LogP contribution is -1.95. The average molecular weight is 681 g/mol. The molecule has 0 fully saturated rings. The van der Waals surface area contributed by atoms with Gasteiger partial charge in [0.15, 0.2) is 0 Å². The standard InChI is InChI=1S/C46H28N6O/c1-3-12-30(13-4-1)35-28-36-43(46-45(35)51-53-52-46)42-34(16-11-19-39(42)50-44(36)32-14-5-2-6-15-32)31-22-20-29(21-23-31)33-26-40(37-17-7-9-24-47-37)49-41(27-33)38-18-8-10-25-48-38/h1-28H. The van der Waals surface area contributed by atoms with Gasteiger partial charge < -0.3 is 0 Å². The Kier molecular flexibility index (Phi) is 7.32. The third-order valence-electron chi connectivity index (χ3n) is 9.66. The minimum Gasteiger partial charge on any atom is -0.255 e. The van der Waals surface area contributed by atoms with Crippen molar-refractivity contribution < 1.29 is 4.63 Å². The molecule has 0 saturated heterocycles. The fourth-order valence-corrected chi connectivity index (χ4v) is 7.18. The van der Waals surface area contributed by atoms with Crippen molar-refractivity contribution in [1.82, 2.24) is 30.2 Å². The Morgan fingerprint density at radius 3 is 1.64 bits per heavy atom. The van der Waals surface area contributed by atoms with E-state index >= 15 is 0 Å². The van der Waals surface area contributed by atoms with E-state index < -0.39 is 0 Å². The average Bonchev–Trinajstić information content (AvgIpc) is 3.74. The summed E-state index contributed by atoms with van der Waals surface area (Å²) in [7, 11) is 0. The molecule has 0 unspecified atom stereocenters. The SMILES string of the molecule is c1ccc(-c2nc3cccc(-c4ccc(-c5cc(-c6ccccn6)nc(-c6ccccn6)c5)cc4)c3c3c2cc(-c2ccccc2)c2nonc23)cc1. The molecule has 0 N–H and O–H groups in total. The number of fused-ring (bicyclic) bond motifs is 5. The van der Waals surface area contributed by atoms with Crippen molar-refractivity contribution in [2.24, 2.45) is 0 Å². The Morgan fingerprint density at radius 2 is 0.981 bits per heavy atom. The summed E-state index contributed by atoms with van der Waals surface area (Å²) in [5.41, 5.74) is 13.5. The van der Waals surface area contributed by atoms with Crippen LogP contribution < -0.4 is 0 Å². The first-order valence-corrected chi connectivity index (χ1v) is 17.4. The number of hydrogen-bond donors (Lipinski definition) is 0. The van der Waals surface area contributed by atoms with E-state index in [1.54, 1.807) is 12.4 Å². The highest BCUT2D eigenvalue weighted by Gasteiger charge is 2.22. The van der Waals surface area contributed by atoms with Gasteiger partial charge in [0, 0.05) is 39.7 Å². The maximum Gasteiger partial charge on any atom is 0.144 e. The Bertz CT molecular complexity index is 2860. The van der Waals surface area contributed by atoms with E-state index in [4.69, 9.17) is 14.6 Å². The van der Waals surface area contributed by atoms with Gasteiger partial charge >= 0.3 is 0 Å². The summed E-state index contributed by atoms with van der Waals surface area (Å²) in [6.45, 7) is 0. The monoisotopic (exact) mass is 680 g/mol. The molecule has 7 nitrogen and oxygen atoms in total. The molecule has 53 heavy (non-hydrogen) atoms. The van der Waals surface area contributed by atoms with Crippen molar-refractivity contribution in [3.8, 4) is 67.4 Å². The molecule has 0 bridgehead atoms. The van der Waals surface area contributed by atoms with Crippen molar-refractivity contribution in [3.05, 3.63) is 170 Å². The molecule has 10 rings (SSSR count). The molecule has 0 aliphatic rings. The third kappa shape index (κ3) is 5.39. The van der Waals surface area contributed by atoms with Crippen LogP contribution in [0, 0.1) is 0 Å². The topological polar surface area (TPSA) is 90.5 Å². The normalized spacial score (nSPS) is 11.4. The molecule has 0 saturated carbocycles. The molecule has 0 radical (unpaired) electrons. The van der Waals surface area contributed by atoms with Crippen LogP contribution >= 0.6 is 0 Å². The zero-order chi connectivity index (χ0) is 35.1. The van der Waals surface area contributed by atoms with Crippen LogP contribution in [0.3, 0.4) is 0 Å². The predicted octanol–water partition coefficient (Wildman–Crippen LogP) is 11.1. The van der Waals surface area contributed by atoms with Crippen molar-refractivity contribution in [2.75, 3.05) is 0 Å². The number of aromatic nitrogens is 6. The van der Waals surface area contributed by atoms with Gasteiger partial charge in [-0.25, -0.2) is 14.6 Å². The number of benzene rings is 5. The predicted molar refractivity (Wildman–Crippen MR) is 211 cm³/mol. The van der Waals surface area contributed by atoms with Crippen LogP contribution in [-0.2, 0) is 0 Å². The Morgan fingerprint density at radius 1 is 0.377 bits per heavy atom. The van der Waals surface area contributed by atoms with Gasteiger partial charge in [0.2, 0.25) is 0 Å². The van der Waals surface area contributed by atoms with E-state index in [1.165, 1.54) is 0 Å². The molecule has 0 atom stereocenters. The zero-order valence-corrected chi connectivity index (χ0v) is 28.3. The molecule has 5 aromatic carbocycles. The lowest BCUT2D eigenvalue weighted by molar-refractivity contribution is 0.316. The van der Waals surface area contributed by atoms with Gasteiger partial charge in [-0.05, 0) is 86.7 Å². The summed E-state index contributed by atoms with van der Waals surface area (Å²) < 4.78 is 5.49. The third-order valence-corrected chi connectivity index (χ3v) is 9.66. The summed E-state index contributed by atoms with van der Waals surface area (Å²) in [5, 5.41) is 11.9. The van der Waals surface area contributed by atoms with Crippen molar-refractivity contribution >= 4 is 32.7 Å². The van der Waals surface area contributed by atoms with E-state index in [1.807, 2.05) is 72.8 Å². The van der Waals surface area contributed by atoms with E-state index in [2.05, 4.69) is 105 Å². The highest BCUT2D eigenvalue weighted by atomic mass is 16.6. The largest absolute Gasteiger partial charge is 0.255 e. The second-order valence-corrected chi connectivity index (χ2v) is 12.8. The van der Waals surface area contributed by atoms with Crippen LogP contribution in [-0.4, -0.2) is 30.2 Å². The van der Waals surface area contributed by atoms with Crippen LogP contribution in [0.4, 0.5) is 0 Å². The van der Waals surface area contributed by atoms with Gasteiger partial charge in [-0.15, -0.1) is 0 Å². The zero-order valence-electron chi connectivity index (χ0n) is 28.3. The number of hydrogen-bond acceptors (Lipinski definition) is 7. The lowest BCUT2D eigenvalue weighted by Gasteiger charge is -2.15. The number of nitrogens with zero attached hydrogens (tertiary/aromatic N) is 6. The minimum absolute atomic E-state index is 0.705. The van der Waals surface area contributed by atoms with Crippen molar-refractivity contribution in [2.45, 2.75) is 0 Å². The summed E-state index contributed by atoms with van der Waals surface area (Å²) in [6, 6.07) is 53.5. The van der Waals surface area contributed by atoms with E-state index in [-0.39, 0.29) is 0 Å². The van der Waals surface area contributed by atoms with Gasteiger partial charge in [0.25, 0.3) is 0 Å². The second-order valence-electron chi connectivity index (χ2n) is 12.8. The van der Waals surface area contributed by atoms with Crippen LogP contribution in [0.15, 0.2) is 175 Å². The molecule has 5 aromatic heterocycles. The van der Waals surface area contributed by atoms with Crippen molar-refractivity contribution in [1.29, 1.82) is 0 Å². The highest BCUT2D eigenvalue weighted by Crippen LogP contribution is 2.43. The molecular formula is C46H28N6O. The maximum atomic E-state index is 5.49. The first-order chi connectivity index (χ1) is 26.3. The summed E-state index contributed by atoms with van der Waals surface area (Å²) in [5.74, 6) is 0. The maximum absolute atomic E-state index is 5.49. The van der Waals surface area contributed by atoms with Crippen LogP contribution in [0.25, 0.3) is 100 Å². The van der Waals surface area contributed by atoms with Gasteiger partial charge in [-0.2, -0.15) is 0 Å². The van der Waals surface area contributed by atoms with E-state index in [9.17, 15) is 0 Å². The molecule has 0 spiro atoms. The summed E-state index contributed by atoms with van der Waals surface area (Å²) >= 11 is 0. The first kappa shape index (κ1) is 30.4. The smallest absolute Gasteiger partial charge is 0.144 e. The quantitative estimate of drug-likeness (QED) is 0.161. The summed E-state index contributed by atoms with van der Waals surface area (Å²) in [6.07, 6.45) is 3.58. The molecule has 0 aliphatic carbocycles. The van der Waals surface area contributed by atoms with E-state index in [0.29, 0.717) is 11.0 Å². The van der Waals surface area contributed by atoms with E-state index in [0.717, 1.165) is 89.1 Å². The molecular weight excluding hydrogens is 653 g/mol. The molecule has 0 aliphatic heterocycles. The second kappa shape index (κ2) is 12.7. The van der Waals surface area contributed by atoms with Gasteiger partial charge in [0.1, 0.15) is 11.0 Å². The van der Waals surface area contributed by atoms with Crippen LogP contribution in [0.5, 0.6) is 0 Å². The number of pyridine rings is 4.